The van der Waals surface area contributed by atoms with E-state index in [9.17, 15) is 0 Å². The molecule has 1 unspecified atom stereocenters. The first-order chi connectivity index (χ1) is 17.7. The van der Waals surface area contributed by atoms with Crippen molar-refractivity contribution in [2.45, 2.75) is 122 Å². The molecule has 0 heterocycles. The summed E-state index contributed by atoms with van der Waals surface area (Å²) in [5.74, 6) is 2.35. The second-order valence-corrected chi connectivity index (χ2v) is 11.0. The van der Waals surface area contributed by atoms with Gasteiger partial charge in [-0.3, -0.25) is 0 Å². The lowest BCUT2D eigenvalue weighted by molar-refractivity contribution is 0.0307. The molecule has 1 aliphatic carbocycles. The molecular weight excluding hydrogens is 440 g/mol. The standard InChI is InChI=1S/C34H52O2/c1-4-6-7-8-9-10-11-12-13-14-26-36-32-23-21-30(22-24-32)29-17-19-31(20-18-29)33-25-16-28(15-5-2)27-34(33)35-3/h17-24,28,33-34H,4-16,25-27H2,1-3H3/t28?,33-,34+/m1/s1. The predicted molar refractivity (Wildman–Crippen MR) is 155 cm³/mol. The first-order valence-corrected chi connectivity index (χ1v) is 15.1. The number of hydrogen-bond acceptors (Lipinski definition) is 2. The van der Waals surface area contributed by atoms with E-state index in [4.69, 9.17) is 9.47 Å². The molecule has 0 bridgehead atoms. The van der Waals surface area contributed by atoms with Crippen LogP contribution >= 0.6 is 0 Å². The third-order valence-corrected chi connectivity index (χ3v) is 8.19. The lowest BCUT2D eigenvalue weighted by Crippen LogP contribution is -2.29. The first-order valence-electron chi connectivity index (χ1n) is 15.1. The molecule has 0 aromatic heterocycles. The summed E-state index contributed by atoms with van der Waals surface area (Å²) in [6.45, 7) is 5.40. The summed E-state index contributed by atoms with van der Waals surface area (Å²) < 4.78 is 11.9. The molecule has 2 heteroatoms. The zero-order valence-corrected chi connectivity index (χ0v) is 23.5. The van der Waals surface area contributed by atoms with Crippen molar-refractivity contribution >= 4 is 0 Å². The number of unbranched alkanes of at least 4 members (excludes halogenated alkanes) is 9. The van der Waals surface area contributed by atoms with Crippen LogP contribution in [0.2, 0.25) is 0 Å². The zero-order valence-electron chi connectivity index (χ0n) is 23.5. The molecule has 1 aliphatic rings. The van der Waals surface area contributed by atoms with Crippen molar-refractivity contribution < 1.29 is 9.47 Å². The molecule has 1 fully saturated rings. The fourth-order valence-corrected chi connectivity index (χ4v) is 5.97. The van der Waals surface area contributed by atoms with E-state index < -0.39 is 0 Å². The Labute approximate surface area is 222 Å². The van der Waals surface area contributed by atoms with Gasteiger partial charge in [-0.25, -0.2) is 0 Å². The number of methoxy groups -OCH3 is 1. The smallest absolute Gasteiger partial charge is 0.119 e. The van der Waals surface area contributed by atoms with Gasteiger partial charge >= 0.3 is 0 Å². The van der Waals surface area contributed by atoms with Crippen molar-refractivity contribution in [2.24, 2.45) is 5.92 Å². The van der Waals surface area contributed by atoms with Gasteiger partial charge in [0.25, 0.3) is 0 Å². The Morgan fingerprint density at radius 1 is 0.667 bits per heavy atom. The molecule has 3 rings (SSSR count). The Kier molecular flexibility index (Phi) is 13.5. The minimum Gasteiger partial charge on any atom is -0.494 e. The van der Waals surface area contributed by atoms with Crippen LogP contribution in [0, 0.1) is 5.92 Å². The Hall–Kier alpha value is -1.80. The van der Waals surface area contributed by atoms with Gasteiger partial charge in [0.2, 0.25) is 0 Å². The lowest BCUT2D eigenvalue weighted by Gasteiger charge is -2.35. The lowest BCUT2D eigenvalue weighted by atomic mass is 9.75. The van der Waals surface area contributed by atoms with Gasteiger partial charge in [-0.2, -0.15) is 0 Å². The van der Waals surface area contributed by atoms with Crippen molar-refractivity contribution in [1.29, 1.82) is 0 Å². The van der Waals surface area contributed by atoms with Crippen molar-refractivity contribution in [3.8, 4) is 16.9 Å². The maximum atomic E-state index is 6.00. The van der Waals surface area contributed by atoms with Gasteiger partial charge in [0, 0.05) is 13.0 Å². The molecule has 36 heavy (non-hydrogen) atoms. The van der Waals surface area contributed by atoms with Gasteiger partial charge in [0.1, 0.15) is 5.75 Å². The molecule has 2 aromatic carbocycles. The Morgan fingerprint density at radius 2 is 1.25 bits per heavy atom. The van der Waals surface area contributed by atoms with E-state index in [1.165, 1.54) is 107 Å². The summed E-state index contributed by atoms with van der Waals surface area (Å²) in [5.41, 5.74) is 3.95. The van der Waals surface area contributed by atoms with Gasteiger partial charge in [0.05, 0.1) is 12.7 Å². The van der Waals surface area contributed by atoms with Gasteiger partial charge in [-0.05, 0) is 60.4 Å². The Balaban J connectivity index is 1.37. The highest BCUT2D eigenvalue weighted by molar-refractivity contribution is 5.64. The predicted octanol–water partition coefficient (Wildman–Crippen LogP) is 10.4. The maximum absolute atomic E-state index is 6.00. The molecule has 2 nitrogen and oxygen atoms in total. The number of ether oxygens (including phenoxy) is 2. The molecule has 2 aromatic rings. The fourth-order valence-electron chi connectivity index (χ4n) is 5.97. The third kappa shape index (κ3) is 9.58. The highest BCUT2D eigenvalue weighted by atomic mass is 16.5. The van der Waals surface area contributed by atoms with Crippen LogP contribution in [-0.2, 0) is 4.74 Å². The van der Waals surface area contributed by atoms with Crippen molar-refractivity contribution in [1.82, 2.24) is 0 Å². The molecule has 0 N–H and O–H groups in total. The molecule has 0 saturated heterocycles. The monoisotopic (exact) mass is 492 g/mol. The second-order valence-electron chi connectivity index (χ2n) is 11.0. The molecule has 0 amide bonds. The largest absolute Gasteiger partial charge is 0.494 e. The highest BCUT2D eigenvalue weighted by Crippen LogP contribution is 2.39. The molecule has 1 saturated carbocycles. The third-order valence-electron chi connectivity index (χ3n) is 8.19. The van der Waals surface area contributed by atoms with Gasteiger partial charge < -0.3 is 9.47 Å². The van der Waals surface area contributed by atoms with Crippen molar-refractivity contribution in [2.75, 3.05) is 13.7 Å². The van der Waals surface area contributed by atoms with Gasteiger partial charge in [-0.15, -0.1) is 0 Å². The molecule has 0 aliphatic heterocycles. The van der Waals surface area contributed by atoms with E-state index in [0.717, 1.165) is 24.7 Å². The molecule has 0 spiro atoms. The summed E-state index contributed by atoms with van der Waals surface area (Å²) in [6, 6.07) is 17.8. The van der Waals surface area contributed by atoms with Gasteiger partial charge in [0.15, 0.2) is 0 Å². The van der Waals surface area contributed by atoms with E-state index in [1.807, 2.05) is 7.11 Å². The van der Waals surface area contributed by atoms with Crippen LogP contribution in [0.3, 0.4) is 0 Å². The molecule has 0 radical (unpaired) electrons. The SMILES string of the molecule is CCCCCCCCCCCCOc1ccc(-c2ccc([C@H]3CCC(CCC)C[C@@H]3OC)cc2)cc1. The van der Waals surface area contributed by atoms with E-state index in [-0.39, 0.29) is 0 Å². The summed E-state index contributed by atoms with van der Waals surface area (Å²) in [5, 5.41) is 0. The summed E-state index contributed by atoms with van der Waals surface area (Å²) in [7, 11) is 1.89. The fraction of sp³-hybridized carbons (Fsp3) is 0.647. The maximum Gasteiger partial charge on any atom is 0.119 e. The van der Waals surface area contributed by atoms with E-state index in [0.29, 0.717) is 12.0 Å². The number of benzene rings is 2. The van der Waals surface area contributed by atoms with Crippen LogP contribution < -0.4 is 4.74 Å². The minimum absolute atomic E-state index is 0.355. The topological polar surface area (TPSA) is 18.5 Å². The van der Waals surface area contributed by atoms with Crippen LogP contribution in [0.25, 0.3) is 11.1 Å². The average Bonchev–Trinajstić information content (AvgIpc) is 2.92. The van der Waals surface area contributed by atoms with Crippen LogP contribution in [0.5, 0.6) is 5.75 Å². The highest BCUT2D eigenvalue weighted by Gasteiger charge is 2.31. The van der Waals surface area contributed by atoms with Crippen molar-refractivity contribution in [3.63, 3.8) is 0 Å². The van der Waals surface area contributed by atoms with Crippen LogP contribution in [-0.4, -0.2) is 19.8 Å². The van der Waals surface area contributed by atoms with E-state index in [2.05, 4.69) is 62.4 Å². The first kappa shape index (κ1) is 28.8. The quantitative estimate of drug-likeness (QED) is 0.204. The summed E-state index contributed by atoms with van der Waals surface area (Å²) in [6.07, 6.45) is 20.3. The molecule has 3 atom stereocenters. The van der Waals surface area contributed by atoms with Crippen LogP contribution in [0.4, 0.5) is 0 Å². The summed E-state index contributed by atoms with van der Waals surface area (Å²) >= 11 is 0. The van der Waals surface area contributed by atoms with Gasteiger partial charge in [-0.1, -0.05) is 121 Å². The van der Waals surface area contributed by atoms with Crippen LogP contribution in [0.1, 0.15) is 122 Å². The second kappa shape index (κ2) is 16.8. The Bertz CT molecular complexity index is 810. The number of rotatable bonds is 17. The Morgan fingerprint density at radius 3 is 1.83 bits per heavy atom. The van der Waals surface area contributed by atoms with E-state index >= 15 is 0 Å². The zero-order chi connectivity index (χ0) is 25.4. The number of hydrogen-bond donors (Lipinski definition) is 0. The minimum atomic E-state index is 0.355. The summed E-state index contributed by atoms with van der Waals surface area (Å²) in [4.78, 5) is 0. The molecular formula is C34H52O2. The average molecular weight is 493 g/mol. The van der Waals surface area contributed by atoms with Crippen molar-refractivity contribution in [3.05, 3.63) is 54.1 Å². The van der Waals surface area contributed by atoms with E-state index in [1.54, 1.807) is 0 Å². The van der Waals surface area contributed by atoms with Crippen LogP contribution in [0.15, 0.2) is 48.5 Å². The normalized spacial score (nSPS) is 19.9. The molecule has 200 valence electrons.